The highest BCUT2D eigenvalue weighted by atomic mass is 32.1. The summed E-state index contributed by atoms with van der Waals surface area (Å²) in [4.78, 5) is 17.7. The smallest absolute Gasteiger partial charge is 0.226 e. The molecule has 0 bridgehead atoms. The van der Waals surface area contributed by atoms with Gasteiger partial charge in [-0.2, -0.15) is 0 Å². The lowest BCUT2D eigenvalue weighted by Crippen LogP contribution is -2.22. The predicted molar refractivity (Wildman–Crippen MR) is 93.4 cm³/mol. The Morgan fingerprint density at radius 1 is 1.04 bits per heavy atom. The minimum absolute atomic E-state index is 0.0166. The molecule has 1 amide bonds. The first-order chi connectivity index (χ1) is 11.3. The summed E-state index contributed by atoms with van der Waals surface area (Å²) in [7, 11) is 0. The number of para-hydroxylation sites is 1. The van der Waals surface area contributed by atoms with Gasteiger partial charge in [-0.05, 0) is 17.7 Å². The molecule has 0 saturated carbocycles. The molecule has 0 radical (unpaired) electrons. The van der Waals surface area contributed by atoms with Crippen molar-refractivity contribution in [2.75, 3.05) is 10.6 Å². The number of amides is 1. The maximum absolute atomic E-state index is 12.0. The number of fused-ring (bicyclic) bond motifs is 1. The van der Waals surface area contributed by atoms with Crippen LogP contribution < -0.4 is 10.6 Å². The van der Waals surface area contributed by atoms with Crippen molar-refractivity contribution in [1.82, 2.24) is 4.98 Å². The zero-order valence-corrected chi connectivity index (χ0v) is 13.1. The molecule has 0 spiro atoms. The van der Waals surface area contributed by atoms with Crippen LogP contribution in [0.3, 0.4) is 0 Å². The first-order valence-electron chi connectivity index (χ1n) is 7.47. The molecule has 0 saturated heterocycles. The molecule has 2 aromatic carbocycles. The molecule has 2 heterocycles. The van der Waals surface area contributed by atoms with Crippen LogP contribution in [0.5, 0.6) is 0 Å². The van der Waals surface area contributed by atoms with Crippen LogP contribution in [0.15, 0.2) is 60.7 Å². The number of nitrogens with zero attached hydrogens (tertiary/aromatic N) is 1. The van der Waals surface area contributed by atoms with Crippen LogP contribution in [0.1, 0.15) is 22.8 Å². The molecule has 1 aliphatic heterocycles. The fraction of sp³-hybridized carbons (Fsp3) is 0.111. The monoisotopic (exact) mass is 321 g/mol. The van der Waals surface area contributed by atoms with Crippen LogP contribution in [-0.2, 0) is 4.79 Å². The predicted octanol–water partition coefficient (Wildman–Crippen LogP) is 4.36. The number of rotatable bonds is 3. The summed E-state index contributed by atoms with van der Waals surface area (Å²) >= 11 is 1.60. The maximum Gasteiger partial charge on any atom is 0.226 e. The Morgan fingerprint density at radius 3 is 2.48 bits per heavy atom. The van der Waals surface area contributed by atoms with Gasteiger partial charge in [0.15, 0.2) is 5.13 Å². The highest BCUT2D eigenvalue weighted by Crippen LogP contribution is 2.42. The zero-order chi connectivity index (χ0) is 15.6. The van der Waals surface area contributed by atoms with Crippen LogP contribution >= 0.6 is 11.3 Å². The molecule has 2 N–H and O–H groups in total. The fourth-order valence-corrected chi connectivity index (χ4v) is 3.84. The Kier molecular flexibility index (Phi) is 3.55. The second-order valence-corrected chi connectivity index (χ2v) is 6.47. The van der Waals surface area contributed by atoms with Gasteiger partial charge in [0.1, 0.15) is 5.82 Å². The van der Waals surface area contributed by atoms with E-state index in [0.29, 0.717) is 12.2 Å². The number of benzene rings is 2. The van der Waals surface area contributed by atoms with Crippen LogP contribution in [-0.4, -0.2) is 10.9 Å². The number of carbonyl (C=O) groups is 1. The van der Waals surface area contributed by atoms with Crippen molar-refractivity contribution in [2.24, 2.45) is 0 Å². The van der Waals surface area contributed by atoms with Gasteiger partial charge in [-0.15, -0.1) is 0 Å². The van der Waals surface area contributed by atoms with Crippen molar-refractivity contribution in [1.29, 1.82) is 0 Å². The number of hydrogen-bond donors (Lipinski definition) is 2. The number of thiazole rings is 1. The molecule has 23 heavy (non-hydrogen) atoms. The zero-order valence-electron chi connectivity index (χ0n) is 12.3. The Labute approximate surface area is 138 Å². The van der Waals surface area contributed by atoms with Gasteiger partial charge >= 0.3 is 0 Å². The van der Waals surface area contributed by atoms with Crippen molar-refractivity contribution in [3.8, 4) is 0 Å². The highest BCUT2D eigenvalue weighted by molar-refractivity contribution is 7.16. The van der Waals surface area contributed by atoms with E-state index in [9.17, 15) is 4.79 Å². The van der Waals surface area contributed by atoms with E-state index < -0.39 is 0 Å². The van der Waals surface area contributed by atoms with Gasteiger partial charge < -0.3 is 10.6 Å². The van der Waals surface area contributed by atoms with Gasteiger partial charge in [0.2, 0.25) is 5.91 Å². The van der Waals surface area contributed by atoms with Crippen LogP contribution in [0.25, 0.3) is 0 Å². The minimum Gasteiger partial charge on any atom is -0.331 e. The molecule has 1 unspecified atom stereocenters. The third-order valence-electron chi connectivity index (χ3n) is 3.84. The lowest BCUT2D eigenvalue weighted by Gasteiger charge is -2.21. The highest BCUT2D eigenvalue weighted by Gasteiger charge is 2.30. The van der Waals surface area contributed by atoms with Gasteiger partial charge in [-0.3, -0.25) is 4.79 Å². The normalized spacial score (nSPS) is 16.5. The average molecular weight is 321 g/mol. The lowest BCUT2D eigenvalue weighted by atomic mass is 9.92. The van der Waals surface area contributed by atoms with E-state index in [2.05, 4.69) is 27.8 Å². The number of carbonyl (C=O) groups excluding carboxylic acids is 1. The molecule has 1 aromatic heterocycles. The Hall–Kier alpha value is -2.66. The van der Waals surface area contributed by atoms with Crippen LogP contribution in [0, 0.1) is 0 Å². The summed E-state index contributed by atoms with van der Waals surface area (Å²) in [6.45, 7) is 0. The number of anilines is 3. The topological polar surface area (TPSA) is 54.0 Å². The molecule has 1 aliphatic rings. The molecule has 1 atom stereocenters. The summed E-state index contributed by atoms with van der Waals surface area (Å²) < 4.78 is 0. The van der Waals surface area contributed by atoms with Crippen LogP contribution in [0.4, 0.5) is 16.6 Å². The van der Waals surface area contributed by atoms with Gasteiger partial charge in [0.05, 0.1) is 4.88 Å². The molecule has 0 fully saturated rings. The quantitative estimate of drug-likeness (QED) is 0.753. The Bertz CT molecular complexity index is 830. The summed E-state index contributed by atoms with van der Waals surface area (Å²) in [6, 6.07) is 20.0. The summed E-state index contributed by atoms with van der Waals surface area (Å²) in [5.41, 5.74) is 2.14. The van der Waals surface area contributed by atoms with Crippen molar-refractivity contribution in [3.05, 3.63) is 71.1 Å². The van der Waals surface area contributed by atoms with Gasteiger partial charge in [0.25, 0.3) is 0 Å². The lowest BCUT2D eigenvalue weighted by molar-refractivity contribution is -0.116. The number of hydrogen-bond acceptors (Lipinski definition) is 4. The second-order valence-electron chi connectivity index (χ2n) is 5.44. The molecule has 4 nitrogen and oxygen atoms in total. The van der Waals surface area contributed by atoms with Gasteiger partial charge in [-0.25, -0.2) is 4.98 Å². The first kappa shape index (κ1) is 14.0. The molecule has 3 aromatic rings. The minimum atomic E-state index is 0.0166. The Balaban J connectivity index is 1.69. The number of nitrogens with one attached hydrogen (secondary N) is 2. The van der Waals surface area contributed by atoms with Crippen LogP contribution in [0.2, 0.25) is 0 Å². The van der Waals surface area contributed by atoms with E-state index in [1.54, 1.807) is 11.3 Å². The van der Waals surface area contributed by atoms with Gasteiger partial charge in [-0.1, -0.05) is 59.9 Å². The standard InChI is InChI=1S/C18H15N3OS/c22-15-11-14(12-7-3-1-4-8-12)16-17(20-15)21-18(23-16)19-13-9-5-2-6-10-13/h1-10,14H,11H2,(H,19,21)(H,20,22). The van der Waals surface area contributed by atoms with Crippen molar-refractivity contribution < 1.29 is 4.79 Å². The van der Waals surface area contributed by atoms with E-state index in [-0.39, 0.29) is 11.8 Å². The molecule has 0 aliphatic carbocycles. The average Bonchev–Trinajstić information content (AvgIpc) is 2.98. The van der Waals surface area contributed by atoms with E-state index in [1.807, 2.05) is 48.5 Å². The Morgan fingerprint density at radius 2 is 1.74 bits per heavy atom. The van der Waals surface area contributed by atoms with E-state index in [0.717, 1.165) is 21.3 Å². The van der Waals surface area contributed by atoms with Crippen molar-refractivity contribution in [2.45, 2.75) is 12.3 Å². The van der Waals surface area contributed by atoms with E-state index in [4.69, 9.17) is 0 Å². The van der Waals surface area contributed by atoms with Gasteiger partial charge in [0, 0.05) is 18.0 Å². The second kappa shape index (κ2) is 5.85. The third-order valence-corrected chi connectivity index (χ3v) is 4.93. The largest absolute Gasteiger partial charge is 0.331 e. The van der Waals surface area contributed by atoms with E-state index in [1.165, 1.54) is 0 Å². The van der Waals surface area contributed by atoms with Crippen molar-refractivity contribution in [3.63, 3.8) is 0 Å². The molecule has 5 heteroatoms. The third kappa shape index (κ3) is 2.83. The molecule has 114 valence electrons. The summed E-state index contributed by atoms with van der Waals surface area (Å²) in [5, 5.41) is 6.99. The SMILES string of the molecule is O=C1CC(c2ccccc2)c2sc(Nc3ccccc3)nc2N1. The molecular formula is C18H15N3OS. The first-order valence-corrected chi connectivity index (χ1v) is 8.29. The van der Waals surface area contributed by atoms with E-state index >= 15 is 0 Å². The summed E-state index contributed by atoms with van der Waals surface area (Å²) in [6.07, 6.45) is 0.462. The fourth-order valence-electron chi connectivity index (χ4n) is 2.77. The molecule has 4 rings (SSSR count). The molecular weight excluding hydrogens is 306 g/mol. The van der Waals surface area contributed by atoms with Crippen molar-refractivity contribution >= 4 is 33.9 Å². The maximum atomic E-state index is 12.0. The summed E-state index contributed by atoms with van der Waals surface area (Å²) in [5.74, 6) is 0.769. The number of aromatic nitrogens is 1.